The van der Waals surface area contributed by atoms with Crippen LogP contribution in [0.4, 0.5) is 0 Å². The molecule has 17 heavy (non-hydrogen) atoms. The predicted octanol–water partition coefficient (Wildman–Crippen LogP) is 2.27. The molecule has 0 saturated carbocycles. The van der Waals surface area contributed by atoms with Gasteiger partial charge in [0.15, 0.2) is 0 Å². The molecule has 0 spiro atoms. The van der Waals surface area contributed by atoms with Gasteiger partial charge in [-0.2, -0.15) is 5.26 Å². The maximum atomic E-state index is 8.68. The molecular weight excluding hydrogens is 212 g/mol. The van der Waals surface area contributed by atoms with Crippen molar-refractivity contribution >= 4 is 0 Å². The SMILES string of the molecule is CCC(CC#N)NCC1Cc2ccccc2O1. The summed E-state index contributed by atoms with van der Waals surface area (Å²) in [4.78, 5) is 0. The lowest BCUT2D eigenvalue weighted by atomic mass is 10.1. The molecule has 1 aromatic carbocycles. The second-order valence-electron chi connectivity index (χ2n) is 4.43. The average Bonchev–Trinajstić information content (AvgIpc) is 2.77. The summed E-state index contributed by atoms with van der Waals surface area (Å²) in [5.41, 5.74) is 1.28. The van der Waals surface area contributed by atoms with E-state index in [1.165, 1.54) is 5.56 Å². The van der Waals surface area contributed by atoms with Gasteiger partial charge in [0.05, 0.1) is 12.5 Å². The molecule has 2 atom stereocenters. The maximum Gasteiger partial charge on any atom is 0.123 e. The fourth-order valence-electron chi connectivity index (χ4n) is 2.14. The van der Waals surface area contributed by atoms with Gasteiger partial charge in [-0.25, -0.2) is 0 Å². The molecule has 1 aliphatic heterocycles. The molecule has 1 aromatic rings. The molecule has 3 nitrogen and oxygen atoms in total. The Morgan fingerprint density at radius 2 is 2.35 bits per heavy atom. The third-order valence-electron chi connectivity index (χ3n) is 3.18. The van der Waals surface area contributed by atoms with Gasteiger partial charge in [-0.1, -0.05) is 25.1 Å². The zero-order valence-electron chi connectivity index (χ0n) is 10.1. The van der Waals surface area contributed by atoms with Crippen LogP contribution in [-0.4, -0.2) is 18.7 Å². The molecule has 2 unspecified atom stereocenters. The normalized spacial score (nSPS) is 19.2. The van der Waals surface area contributed by atoms with Crippen molar-refractivity contribution < 1.29 is 4.74 Å². The van der Waals surface area contributed by atoms with Gasteiger partial charge in [-0.15, -0.1) is 0 Å². The highest BCUT2D eigenvalue weighted by atomic mass is 16.5. The number of benzene rings is 1. The number of hydrogen-bond acceptors (Lipinski definition) is 3. The number of nitriles is 1. The number of fused-ring (bicyclic) bond motifs is 1. The lowest BCUT2D eigenvalue weighted by molar-refractivity contribution is 0.220. The Balaban J connectivity index is 1.82. The first-order valence-corrected chi connectivity index (χ1v) is 6.18. The topological polar surface area (TPSA) is 45.0 Å². The summed E-state index contributed by atoms with van der Waals surface area (Å²) >= 11 is 0. The Bertz CT molecular complexity index is 386. The Hall–Kier alpha value is -1.53. The summed E-state index contributed by atoms with van der Waals surface area (Å²) < 4.78 is 5.83. The van der Waals surface area contributed by atoms with Gasteiger partial charge in [0.1, 0.15) is 11.9 Å². The molecule has 1 heterocycles. The van der Waals surface area contributed by atoms with Crippen molar-refractivity contribution in [3.63, 3.8) is 0 Å². The number of nitrogens with zero attached hydrogens (tertiary/aromatic N) is 1. The molecule has 0 amide bonds. The zero-order chi connectivity index (χ0) is 12.1. The first-order valence-electron chi connectivity index (χ1n) is 6.18. The highest BCUT2D eigenvalue weighted by molar-refractivity contribution is 5.37. The summed E-state index contributed by atoms with van der Waals surface area (Å²) in [7, 11) is 0. The van der Waals surface area contributed by atoms with E-state index in [2.05, 4.69) is 24.4 Å². The van der Waals surface area contributed by atoms with Crippen LogP contribution in [0.5, 0.6) is 5.75 Å². The molecule has 0 saturated heterocycles. The number of hydrogen-bond donors (Lipinski definition) is 1. The second kappa shape index (κ2) is 5.70. The van der Waals surface area contributed by atoms with Crippen LogP contribution in [0.25, 0.3) is 0 Å². The Morgan fingerprint density at radius 1 is 1.53 bits per heavy atom. The van der Waals surface area contributed by atoms with Crippen molar-refractivity contribution in [3.8, 4) is 11.8 Å². The quantitative estimate of drug-likeness (QED) is 0.844. The number of para-hydroxylation sites is 1. The molecular formula is C14H18N2O. The van der Waals surface area contributed by atoms with Crippen LogP contribution in [0.15, 0.2) is 24.3 Å². The third-order valence-corrected chi connectivity index (χ3v) is 3.18. The fourth-order valence-corrected chi connectivity index (χ4v) is 2.14. The van der Waals surface area contributed by atoms with Gasteiger partial charge in [0, 0.05) is 19.0 Å². The minimum Gasteiger partial charge on any atom is -0.488 e. The fraction of sp³-hybridized carbons (Fsp3) is 0.500. The van der Waals surface area contributed by atoms with Gasteiger partial charge in [-0.3, -0.25) is 0 Å². The summed E-state index contributed by atoms with van der Waals surface area (Å²) in [6.45, 7) is 2.91. The number of nitrogens with one attached hydrogen (secondary N) is 1. The van der Waals surface area contributed by atoms with E-state index in [9.17, 15) is 0 Å². The lowest BCUT2D eigenvalue weighted by Gasteiger charge is -2.17. The first-order chi connectivity index (χ1) is 8.33. The molecule has 3 heteroatoms. The minimum atomic E-state index is 0.208. The summed E-state index contributed by atoms with van der Waals surface area (Å²) in [6.07, 6.45) is 2.72. The van der Waals surface area contributed by atoms with E-state index in [0.717, 1.165) is 25.1 Å². The largest absolute Gasteiger partial charge is 0.488 e. The van der Waals surface area contributed by atoms with Crippen LogP contribution in [0.3, 0.4) is 0 Å². The average molecular weight is 230 g/mol. The van der Waals surface area contributed by atoms with Crippen molar-refractivity contribution in [1.29, 1.82) is 5.26 Å². The van der Waals surface area contributed by atoms with Crippen LogP contribution >= 0.6 is 0 Å². The molecule has 0 radical (unpaired) electrons. The van der Waals surface area contributed by atoms with E-state index in [1.54, 1.807) is 0 Å². The first kappa shape index (κ1) is 11.9. The van der Waals surface area contributed by atoms with Crippen LogP contribution in [0.2, 0.25) is 0 Å². The van der Waals surface area contributed by atoms with Gasteiger partial charge in [0.25, 0.3) is 0 Å². The molecule has 0 aromatic heterocycles. The molecule has 1 N–H and O–H groups in total. The van der Waals surface area contributed by atoms with Gasteiger partial charge >= 0.3 is 0 Å². The van der Waals surface area contributed by atoms with E-state index >= 15 is 0 Å². The van der Waals surface area contributed by atoms with Crippen LogP contribution in [-0.2, 0) is 6.42 Å². The molecule has 0 fully saturated rings. The molecule has 0 bridgehead atoms. The summed E-state index contributed by atoms with van der Waals surface area (Å²) in [6, 6.07) is 10.7. The standard InChI is InChI=1S/C14H18N2O/c1-2-12(7-8-15)16-10-13-9-11-5-3-4-6-14(11)17-13/h3-6,12-13,16H,2,7,9-10H2,1H3. The van der Waals surface area contributed by atoms with Crippen molar-refractivity contribution in [2.45, 2.75) is 38.3 Å². The van der Waals surface area contributed by atoms with Crippen molar-refractivity contribution in [2.24, 2.45) is 0 Å². The molecule has 0 aliphatic carbocycles. The number of ether oxygens (including phenoxy) is 1. The molecule has 2 rings (SSSR count). The Kier molecular flexibility index (Phi) is 4.00. The lowest BCUT2D eigenvalue weighted by Crippen LogP contribution is -2.36. The van der Waals surface area contributed by atoms with E-state index in [1.807, 2.05) is 18.2 Å². The highest BCUT2D eigenvalue weighted by Crippen LogP contribution is 2.27. The van der Waals surface area contributed by atoms with Gasteiger partial charge in [0.2, 0.25) is 0 Å². The highest BCUT2D eigenvalue weighted by Gasteiger charge is 2.22. The maximum absolute atomic E-state index is 8.68. The van der Waals surface area contributed by atoms with E-state index < -0.39 is 0 Å². The summed E-state index contributed by atoms with van der Waals surface area (Å²) in [5, 5.41) is 12.1. The molecule has 90 valence electrons. The Morgan fingerprint density at radius 3 is 3.06 bits per heavy atom. The summed E-state index contributed by atoms with van der Waals surface area (Å²) in [5.74, 6) is 1.01. The molecule has 1 aliphatic rings. The van der Waals surface area contributed by atoms with Crippen LogP contribution in [0, 0.1) is 11.3 Å². The number of rotatable bonds is 5. The van der Waals surface area contributed by atoms with Gasteiger partial charge in [-0.05, 0) is 18.1 Å². The van der Waals surface area contributed by atoms with E-state index in [-0.39, 0.29) is 12.1 Å². The van der Waals surface area contributed by atoms with Crippen molar-refractivity contribution in [2.75, 3.05) is 6.54 Å². The second-order valence-corrected chi connectivity index (χ2v) is 4.43. The monoisotopic (exact) mass is 230 g/mol. The minimum absolute atomic E-state index is 0.208. The van der Waals surface area contributed by atoms with Crippen LogP contribution in [0.1, 0.15) is 25.3 Å². The van der Waals surface area contributed by atoms with Crippen molar-refractivity contribution in [1.82, 2.24) is 5.32 Å². The van der Waals surface area contributed by atoms with E-state index in [0.29, 0.717) is 6.42 Å². The van der Waals surface area contributed by atoms with E-state index in [4.69, 9.17) is 10.00 Å². The smallest absolute Gasteiger partial charge is 0.123 e. The van der Waals surface area contributed by atoms with Crippen molar-refractivity contribution in [3.05, 3.63) is 29.8 Å². The zero-order valence-corrected chi connectivity index (χ0v) is 10.1. The van der Waals surface area contributed by atoms with Gasteiger partial charge < -0.3 is 10.1 Å². The predicted molar refractivity (Wildman–Crippen MR) is 66.9 cm³/mol. The van der Waals surface area contributed by atoms with Crippen LogP contribution < -0.4 is 10.1 Å². The Labute approximate surface area is 102 Å². The third kappa shape index (κ3) is 2.98.